The molecule has 1 atom stereocenters. The third kappa shape index (κ3) is 2.04. The lowest BCUT2D eigenvalue weighted by Crippen LogP contribution is -2.38. The first-order chi connectivity index (χ1) is 7.03. The molecule has 3 heteroatoms. The molecule has 0 radical (unpaired) electrons. The zero-order valence-electron chi connectivity index (χ0n) is 9.30. The highest BCUT2D eigenvalue weighted by atomic mass is 79.9. The predicted molar refractivity (Wildman–Crippen MR) is 65.3 cm³/mol. The van der Waals surface area contributed by atoms with Crippen LogP contribution in [0.3, 0.4) is 0 Å². The summed E-state index contributed by atoms with van der Waals surface area (Å²) in [6.45, 7) is 4.25. The van der Waals surface area contributed by atoms with Crippen molar-refractivity contribution in [3.63, 3.8) is 0 Å². The Bertz CT molecular complexity index is 376. The van der Waals surface area contributed by atoms with Crippen molar-refractivity contribution in [3.05, 3.63) is 28.2 Å². The predicted octanol–water partition coefficient (Wildman–Crippen LogP) is 3.27. The van der Waals surface area contributed by atoms with Crippen molar-refractivity contribution in [1.29, 1.82) is 0 Å². The number of fused-ring (bicyclic) bond motifs is 1. The molecule has 0 aliphatic carbocycles. The highest BCUT2D eigenvalue weighted by Gasteiger charge is 2.33. The van der Waals surface area contributed by atoms with Gasteiger partial charge in [0.1, 0.15) is 11.4 Å². The van der Waals surface area contributed by atoms with Gasteiger partial charge >= 0.3 is 0 Å². The largest absolute Gasteiger partial charge is 0.486 e. The van der Waals surface area contributed by atoms with Gasteiger partial charge in [0.05, 0.1) is 4.47 Å². The van der Waals surface area contributed by atoms with Crippen LogP contribution < -0.4 is 10.1 Å². The van der Waals surface area contributed by atoms with Crippen LogP contribution in [-0.2, 0) is 0 Å². The third-order valence-corrected chi connectivity index (χ3v) is 3.42. The second-order valence-corrected chi connectivity index (χ2v) is 5.42. The van der Waals surface area contributed by atoms with E-state index in [-0.39, 0.29) is 5.60 Å². The minimum Gasteiger partial charge on any atom is -0.486 e. The molecule has 0 fully saturated rings. The number of nitrogens with one attached hydrogen (secondary N) is 1. The second-order valence-electron chi connectivity index (χ2n) is 4.57. The van der Waals surface area contributed by atoms with E-state index in [1.165, 1.54) is 5.56 Å². The molecule has 15 heavy (non-hydrogen) atoms. The molecule has 82 valence electrons. The van der Waals surface area contributed by atoms with E-state index in [4.69, 9.17) is 4.74 Å². The van der Waals surface area contributed by atoms with Crippen LogP contribution in [0.4, 0.5) is 0 Å². The fourth-order valence-electron chi connectivity index (χ4n) is 2.08. The van der Waals surface area contributed by atoms with E-state index in [1.807, 2.05) is 13.1 Å². The summed E-state index contributed by atoms with van der Waals surface area (Å²) in [4.78, 5) is 0. The van der Waals surface area contributed by atoms with Crippen molar-refractivity contribution in [3.8, 4) is 5.75 Å². The topological polar surface area (TPSA) is 21.3 Å². The van der Waals surface area contributed by atoms with Gasteiger partial charge in [0.15, 0.2) is 0 Å². The molecule has 2 rings (SSSR count). The zero-order valence-corrected chi connectivity index (χ0v) is 10.9. The van der Waals surface area contributed by atoms with Gasteiger partial charge in [-0.3, -0.25) is 0 Å². The van der Waals surface area contributed by atoms with Crippen molar-refractivity contribution in [2.24, 2.45) is 0 Å². The van der Waals surface area contributed by atoms with E-state index in [2.05, 4.69) is 47.2 Å². The van der Waals surface area contributed by atoms with Crippen molar-refractivity contribution in [2.75, 3.05) is 7.05 Å². The maximum atomic E-state index is 6.00. The molecule has 1 aromatic rings. The minimum absolute atomic E-state index is 0.107. The van der Waals surface area contributed by atoms with E-state index in [1.54, 1.807) is 0 Å². The van der Waals surface area contributed by atoms with Gasteiger partial charge in [-0.15, -0.1) is 0 Å². The highest BCUT2D eigenvalue weighted by Crippen LogP contribution is 2.43. The molecule has 0 bridgehead atoms. The lowest BCUT2D eigenvalue weighted by atomic mass is 9.90. The fraction of sp³-hybridized carbons (Fsp3) is 0.500. The van der Waals surface area contributed by atoms with Crippen LogP contribution in [0.1, 0.15) is 31.9 Å². The highest BCUT2D eigenvalue weighted by molar-refractivity contribution is 9.10. The minimum atomic E-state index is -0.107. The van der Waals surface area contributed by atoms with Gasteiger partial charge in [0.2, 0.25) is 0 Å². The van der Waals surface area contributed by atoms with Crippen LogP contribution in [0.25, 0.3) is 0 Å². The van der Waals surface area contributed by atoms with Gasteiger partial charge in [0.25, 0.3) is 0 Å². The maximum absolute atomic E-state index is 6.00. The van der Waals surface area contributed by atoms with E-state index in [9.17, 15) is 0 Å². The molecule has 0 saturated carbocycles. The van der Waals surface area contributed by atoms with E-state index in [0.717, 1.165) is 16.6 Å². The number of hydrogen-bond acceptors (Lipinski definition) is 2. The summed E-state index contributed by atoms with van der Waals surface area (Å²) in [5, 5.41) is 3.34. The van der Waals surface area contributed by atoms with Gasteiger partial charge in [-0.2, -0.15) is 0 Å². The molecular formula is C12H16BrNO. The molecule has 2 nitrogen and oxygen atoms in total. The Kier molecular flexibility index (Phi) is 2.77. The number of hydrogen-bond donors (Lipinski definition) is 1. The normalized spacial score (nSPS) is 23.1. The second kappa shape index (κ2) is 3.80. The number of para-hydroxylation sites is 1. The van der Waals surface area contributed by atoms with Crippen LogP contribution in [0.2, 0.25) is 0 Å². The Morgan fingerprint density at radius 2 is 2.20 bits per heavy atom. The van der Waals surface area contributed by atoms with Crippen LogP contribution in [0.5, 0.6) is 5.75 Å². The fourth-order valence-corrected chi connectivity index (χ4v) is 2.55. The van der Waals surface area contributed by atoms with Crippen molar-refractivity contribution < 1.29 is 4.74 Å². The molecule has 0 unspecified atom stereocenters. The SMILES string of the molecule is CN[C@H]1CC(C)(C)Oc2c(Br)cccc21. The van der Waals surface area contributed by atoms with Gasteiger partial charge in [0, 0.05) is 18.0 Å². The van der Waals surface area contributed by atoms with Crippen LogP contribution >= 0.6 is 15.9 Å². The molecule has 1 aliphatic heterocycles. The molecule has 0 saturated heterocycles. The standard InChI is InChI=1S/C12H16BrNO/c1-12(2)7-10(14-3)8-5-4-6-9(13)11(8)15-12/h4-6,10,14H,7H2,1-3H3/t10-/m0/s1. The summed E-state index contributed by atoms with van der Waals surface area (Å²) in [6, 6.07) is 6.57. The summed E-state index contributed by atoms with van der Waals surface area (Å²) in [5.74, 6) is 0.980. The smallest absolute Gasteiger partial charge is 0.139 e. The van der Waals surface area contributed by atoms with Crippen molar-refractivity contribution in [1.82, 2.24) is 5.32 Å². The summed E-state index contributed by atoms with van der Waals surface area (Å²) in [5.41, 5.74) is 1.14. The van der Waals surface area contributed by atoms with Crippen LogP contribution in [0, 0.1) is 0 Å². The zero-order chi connectivity index (χ0) is 11.1. The summed E-state index contributed by atoms with van der Waals surface area (Å²) >= 11 is 3.54. The van der Waals surface area contributed by atoms with Crippen LogP contribution in [0.15, 0.2) is 22.7 Å². The van der Waals surface area contributed by atoms with E-state index in [0.29, 0.717) is 6.04 Å². The molecule has 0 amide bonds. The number of ether oxygens (including phenoxy) is 1. The van der Waals surface area contributed by atoms with Gasteiger partial charge in [-0.25, -0.2) is 0 Å². The Labute approximate surface area is 99.1 Å². The monoisotopic (exact) mass is 269 g/mol. The van der Waals surface area contributed by atoms with Crippen molar-refractivity contribution >= 4 is 15.9 Å². The Balaban J connectivity index is 2.49. The molecule has 0 aromatic heterocycles. The Morgan fingerprint density at radius 3 is 2.87 bits per heavy atom. The molecule has 1 aliphatic rings. The number of rotatable bonds is 1. The Morgan fingerprint density at radius 1 is 1.47 bits per heavy atom. The molecule has 1 heterocycles. The molecule has 1 N–H and O–H groups in total. The van der Waals surface area contributed by atoms with Gasteiger partial charge < -0.3 is 10.1 Å². The molecule has 0 spiro atoms. The first kappa shape index (κ1) is 11.0. The van der Waals surface area contributed by atoms with Crippen molar-refractivity contribution in [2.45, 2.75) is 31.9 Å². The lowest BCUT2D eigenvalue weighted by molar-refractivity contribution is 0.0665. The van der Waals surface area contributed by atoms with Crippen LogP contribution in [-0.4, -0.2) is 12.6 Å². The average Bonchev–Trinajstić information content (AvgIpc) is 2.17. The van der Waals surface area contributed by atoms with E-state index >= 15 is 0 Å². The van der Waals surface area contributed by atoms with E-state index < -0.39 is 0 Å². The summed E-state index contributed by atoms with van der Waals surface area (Å²) in [6.07, 6.45) is 0.993. The summed E-state index contributed by atoms with van der Waals surface area (Å²) < 4.78 is 7.03. The molecule has 1 aromatic carbocycles. The van der Waals surface area contributed by atoms with Gasteiger partial charge in [-0.1, -0.05) is 12.1 Å². The number of halogens is 1. The lowest BCUT2D eigenvalue weighted by Gasteiger charge is -2.38. The average molecular weight is 270 g/mol. The maximum Gasteiger partial charge on any atom is 0.139 e. The first-order valence-corrected chi connectivity index (χ1v) is 5.97. The summed E-state index contributed by atoms with van der Waals surface area (Å²) in [7, 11) is 2.00. The Hall–Kier alpha value is -0.540. The quantitative estimate of drug-likeness (QED) is 0.845. The first-order valence-electron chi connectivity index (χ1n) is 5.18. The number of benzene rings is 1. The van der Waals surface area contributed by atoms with Gasteiger partial charge in [-0.05, 0) is 42.9 Å². The molecular weight excluding hydrogens is 254 g/mol. The third-order valence-electron chi connectivity index (χ3n) is 2.80.